The molecule has 23 heavy (non-hydrogen) atoms. The molecule has 0 fully saturated rings. The summed E-state index contributed by atoms with van der Waals surface area (Å²) >= 11 is 0. The van der Waals surface area contributed by atoms with Gasteiger partial charge in [-0.3, -0.25) is 0 Å². The lowest BCUT2D eigenvalue weighted by atomic mass is 10.0. The van der Waals surface area contributed by atoms with Gasteiger partial charge in [0, 0.05) is 17.7 Å². The fourth-order valence-corrected chi connectivity index (χ4v) is 2.54. The summed E-state index contributed by atoms with van der Waals surface area (Å²) in [7, 11) is 0. The molecule has 0 bridgehead atoms. The number of hydrogen-bond donors (Lipinski definition) is 0. The van der Waals surface area contributed by atoms with Gasteiger partial charge in [-0.2, -0.15) is 0 Å². The molecule has 0 aliphatic rings. The van der Waals surface area contributed by atoms with Crippen LogP contribution in [0.4, 0.5) is 0 Å². The average molecular weight is 328 g/mol. The average Bonchev–Trinajstić information content (AvgIpc) is 2.56. The van der Waals surface area contributed by atoms with E-state index < -0.39 is 0 Å². The highest BCUT2D eigenvalue weighted by Crippen LogP contribution is 2.18. The monoisotopic (exact) mass is 327 g/mol. The minimum Gasteiger partial charge on any atom is -1.00 e. The Labute approximate surface area is 141 Å². The van der Waals surface area contributed by atoms with Crippen LogP contribution in [0.3, 0.4) is 0 Å². The molecule has 4 heteroatoms. The van der Waals surface area contributed by atoms with Crippen molar-refractivity contribution >= 4 is 16.7 Å². The third-order valence-corrected chi connectivity index (χ3v) is 3.64. The molecule has 1 aromatic heterocycles. The van der Waals surface area contributed by atoms with Crippen LogP contribution in [0.15, 0.2) is 67.0 Å². The van der Waals surface area contributed by atoms with Gasteiger partial charge in [-0.25, -0.2) is 9.36 Å². The molecular weight excluding hydrogens is 310 g/mol. The van der Waals surface area contributed by atoms with Crippen LogP contribution in [-0.2, 0) is 11.3 Å². The maximum atomic E-state index is 11.7. The Morgan fingerprint density at radius 1 is 1.00 bits per heavy atom. The second kappa shape index (κ2) is 7.75. The number of ether oxygens (including phenoxy) is 1. The predicted molar refractivity (Wildman–Crippen MR) is 85.6 cm³/mol. The summed E-state index contributed by atoms with van der Waals surface area (Å²) in [5, 5.41) is 2.50. The number of benzene rings is 2. The number of carbonyl (C=O) groups is 1. The number of aromatic nitrogens is 1. The van der Waals surface area contributed by atoms with Crippen LogP contribution < -0.4 is 17.0 Å². The molecule has 0 atom stereocenters. The molecule has 3 rings (SSSR count). The highest BCUT2D eigenvalue weighted by atomic mass is 35.5. The molecule has 1 heterocycles. The van der Waals surface area contributed by atoms with Crippen LogP contribution in [0.25, 0.3) is 10.8 Å². The minimum atomic E-state index is -0.278. The lowest BCUT2D eigenvalue weighted by Crippen LogP contribution is -3.00. The van der Waals surface area contributed by atoms with Crippen molar-refractivity contribution in [2.45, 2.75) is 13.5 Å². The molecule has 0 spiro atoms. The standard InChI is InChI=1S/C19H18NO2.ClH/c1-2-22-19(21)16-10-12-20(13-11-16)14-17-8-5-7-15-6-3-4-9-18(15)17;/h3-13H,2,14H2,1H3;1H/q+1;/p-1. The molecule has 0 N–H and O–H groups in total. The molecule has 0 unspecified atom stereocenters. The first-order valence-electron chi connectivity index (χ1n) is 7.41. The van der Waals surface area contributed by atoms with Gasteiger partial charge in [-0.1, -0.05) is 42.5 Å². The number of halogens is 1. The molecule has 0 aliphatic carbocycles. The van der Waals surface area contributed by atoms with Crippen LogP contribution in [0.5, 0.6) is 0 Å². The van der Waals surface area contributed by atoms with Crippen molar-refractivity contribution in [1.82, 2.24) is 0 Å². The second-order valence-corrected chi connectivity index (χ2v) is 5.12. The summed E-state index contributed by atoms with van der Waals surface area (Å²) in [5.74, 6) is -0.278. The van der Waals surface area contributed by atoms with E-state index in [1.807, 2.05) is 25.4 Å². The molecular formula is C19H18ClNO2. The molecule has 3 nitrogen and oxygen atoms in total. The van der Waals surface area contributed by atoms with Gasteiger partial charge in [0.25, 0.3) is 0 Å². The summed E-state index contributed by atoms with van der Waals surface area (Å²) in [6.45, 7) is 2.97. The third-order valence-electron chi connectivity index (χ3n) is 3.64. The highest BCUT2D eigenvalue weighted by Gasteiger charge is 2.10. The van der Waals surface area contributed by atoms with Gasteiger partial charge in [0.15, 0.2) is 18.9 Å². The van der Waals surface area contributed by atoms with E-state index in [2.05, 4.69) is 41.0 Å². The number of esters is 1. The van der Waals surface area contributed by atoms with Gasteiger partial charge in [0.2, 0.25) is 0 Å². The van der Waals surface area contributed by atoms with Crippen molar-refractivity contribution in [3.8, 4) is 0 Å². The molecule has 0 aliphatic heterocycles. The number of pyridine rings is 1. The molecule has 0 amide bonds. The number of nitrogens with zero attached hydrogens (tertiary/aromatic N) is 1. The van der Waals surface area contributed by atoms with Crippen LogP contribution >= 0.6 is 0 Å². The number of rotatable bonds is 4. The van der Waals surface area contributed by atoms with Crippen molar-refractivity contribution < 1.29 is 26.5 Å². The molecule has 3 aromatic rings. The fraction of sp³-hybridized carbons (Fsp3) is 0.158. The molecule has 118 valence electrons. The van der Waals surface area contributed by atoms with Crippen LogP contribution in [-0.4, -0.2) is 12.6 Å². The Hall–Kier alpha value is -2.39. The zero-order chi connectivity index (χ0) is 15.4. The van der Waals surface area contributed by atoms with Crippen molar-refractivity contribution in [2.24, 2.45) is 0 Å². The summed E-state index contributed by atoms with van der Waals surface area (Å²) in [6, 6.07) is 18.3. The zero-order valence-corrected chi connectivity index (χ0v) is 13.7. The molecule has 0 radical (unpaired) electrons. The first-order valence-corrected chi connectivity index (χ1v) is 7.41. The topological polar surface area (TPSA) is 30.2 Å². The first-order chi connectivity index (χ1) is 10.8. The number of fused-ring (bicyclic) bond motifs is 1. The number of carbonyl (C=O) groups excluding carboxylic acids is 1. The van der Waals surface area contributed by atoms with Crippen LogP contribution in [0, 0.1) is 0 Å². The van der Waals surface area contributed by atoms with E-state index in [0.717, 1.165) is 6.54 Å². The van der Waals surface area contributed by atoms with E-state index in [0.29, 0.717) is 12.2 Å². The lowest BCUT2D eigenvalue weighted by Gasteiger charge is -2.04. The van der Waals surface area contributed by atoms with Gasteiger partial charge in [-0.15, -0.1) is 0 Å². The second-order valence-electron chi connectivity index (χ2n) is 5.12. The Kier molecular flexibility index (Phi) is 5.72. The van der Waals surface area contributed by atoms with Crippen molar-refractivity contribution in [1.29, 1.82) is 0 Å². The van der Waals surface area contributed by atoms with Gasteiger partial charge >= 0.3 is 5.97 Å². The van der Waals surface area contributed by atoms with E-state index >= 15 is 0 Å². The maximum Gasteiger partial charge on any atom is 0.338 e. The third kappa shape index (κ3) is 3.88. The molecule has 0 saturated heterocycles. The Morgan fingerprint density at radius 3 is 2.43 bits per heavy atom. The van der Waals surface area contributed by atoms with Crippen molar-refractivity contribution in [3.63, 3.8) is 0 Å². The Morgan fingerprint density at radius 2 is 1.70 bits per heavy atom. The molecule has 0 saturated carbocycles. The maximum absolute atomic E-state index is 11.7. The van der Waals surface area contributed by atoms with E-state index in [9.17, 15) is 4.79 Å². The fourth-order valence-electron chi connectivity index (χ4n) is 2.54. The summed E-state index contributed by atoms with van der Waals surface area (Å²) in [4.78, 5) is 11.7. The van der Waals surface area contributed by atoms with E-state index in [-0.39, 0.29) is 18.4 Å². The summed E-state index contributed by atoms with van der Waals surface area (Å²) < 4.78 is 7.06. The summed E-state index contributed by atoms with van der Waals surface area (Å²) in [5.41, 5.74) is 1.84. The first kappa shape index (κ1) is 17.0. The van der Waals surface area contributed by atoms with Gasteiger partial charge in [-0.05, 0) is 17.7 Å². The van der Waals surface area contributed by atoms with Gasteiger partial charge < -0.3 is 17.1 Å². The Bertz CT molecular complexity index is 795. The smallest absolute Gasteiger partial charge is 0.338 e. The lowest BCUT2D eigenvalue weighted by molar-refractivity contribution is -0.688. The van der Waals surface area contributed by atoms with E-state index in [1.54, 1.807) is 12.1 Å². The van der Waals surface area contributed by atoms with Crippen molar-refractivity contribution in [2.75, 3.05) is 6.61 Å². The minimum absolute atomic E-state index is 0. The largest absolute Gasteiger partial charge is 1.00 e. The quantitative estimate of drug-likeness (QED) is 0.511. The SMILES string of the molecule is CCOC(=O)c1cc[n+](Cc2cccc3ccccc23)cc1.[Cl-]. The molecule has 2 aromatic carbocycles. The highest BCUT2D eigenvalue weighted by molar-refractivity contribution is 5.89. The zero-order valence-electron chi connectivity index (χ0n) is 12.9. The van der Waals surface area contributed by atoms with Crippen molar-refractivity contribution in [3.05, 3.63) is 78.1 Å². The Balaban J connectivity index is 0.00000192. The van der Waals surface area contributed by atoms with Crippen LogP contribution in [0.2, 0.25) is 0 Å². The van der Waals surface area contributed by atoms with E-state index in [1.165, 1.54) is 16.3 Å². The van der Waals surface area contributed by atoms with Crippen LogP contribution in [0.1, 0.15) is 22.8 Å². The van der Waals surface area contributed by atoms with E-state index in [4.69, 9.17) is 4.74 Å². The normalized spacial score (nSPS) is 10.1. The van der Waals surface area contributed by atoms with Gasteiger partial charge in [0.1, 0.15) is 0 Å². The van der Waals surface area contributed by atoms with Gasteiger partial charge in [0.05, 0.1) is 12.2 Å². The predicted octanol–water partition coefficient (Wildman–Crippen LogP) is 0.356. The number of hydrogen-bond acceptors (Lipinski definition) is 2. The summed E-state index contributed by atoms with van der Waals surface area (Å²) in [6.07, 6.45) is 3.82.